The molecule has 0 aliphatic heterocycles. The number of rotatable bonds is 5. The van der Waals surface area contributed by atoms with Crippen LogP contribution in [-0.4, -0.2) is 39.9 Å². The number of imidazole rings is 1. The van der Waals surface area contributed by atoms with Crippen molar-refractivity contribution in [2.45, 2.75) is 0 Å². The number of nitrogens with zero attached hydrogens (tertiary/aromatic N) is 7. The fourth-order valence-corrected chi connectivity index (χ4v) is 7.42. The van der Waals surface area contributed by atoms with Crippen molar-refractivity contribution in [2.24, 2.45) is 0 Å². The molecule has 7 aromatic heterocycles. The molecule has 0 aliphatic rings. The van der Waals surface area contributed by atoms with Crippen molar-refractivity contribution in [3.05, 3.63) is 189 Å². The van der Waals surface area contributed by atoms with Crippen molar-refractivity contribution in [1.29, 1.82) is 0 Å². The number of benzene rings is 5. The quantitative estimate of drug-likeness (QED) is 0.164. The summed E-state index contributed by atoms with van der Waals surface area (Å²) < 4.78 is 67.9. The van der Waals surface area contributed by atoms with Crippen LogP contribution >= 0.6 is 0 Å². The van der Waals surface area contributed by atoms with E-state index < -0.39 is 20.5 Å². The molecule has 0 radical (unpaired) electrons. The van der Waals surface area contributed by atoms with Gasteiger partial charge in [-0.2, -0.15) is 0 Å². The van der Waals surface area contributed by atoms with Gasteiger partial charge in [0, 0.05) is 53.5 Å². The maximum Gasteiger partial charge on any atom is 2.00 e. The Morgan fingerprint density at radius 3 is 1.21 bits per heavy atom. The van der Waals surface area contributed by atoms with Crippen LogP contribution in [0.5, 0.6) is 0 Å². The van der Waals surface area contributed by atoms with Gasteiger partial charge in [-0.05, 0) is 105 Å². The van der Waals surface area contributed by atoms with Gasteiger partial charge in [-0.25, -0.2) is 62.2 Å². The maximum atomic E-state index is 8.49. The minimum atomic E-state index is -4.94. The molecule has 12 aromatic rings. The number of H-pyrrole nitrogens is 1. The summed E-state index contributed by atoms with van der Waals surface area (Å²) in [7, 11) is -9.89. The second kappa shape index (κ2) is 22.7. The van der Waals surface area contributed by atoms with Crippen molar-refractivity contribution in [1.82, 2.24) is 39.9 Å². The van der Waals surface area contributed by atoms with Gasteiger partial charge in [0.2, 0.25) is 0 Å². The molecule has 0 unspecified atom stereocenters. The van der Waals surface area contributed by atoms with Gasteiger partial charge in [0.15, 0.2) is 0 Å². The summed E-state index contributed by atoms with van der Waals surface area (Å²) >= 11 is 0. The van der Waals surface area contributed by atoms with Crippen LogP contribution in [0.25, 0.3) is 76.5 Å². The second-order valence-electron chi connectivity index (χ2n) is 14.4. The molecule has 70 heavy (non-hydrogen) atoms. The molecule has 7 heterocycles. The van der Waals surface area contributed by atoms with Gasteiger partial charge in [0.1, 0.15) is 29.1 Å². The van der Waals surface area contributed by atoms with Gasteiger partial charge in [0.05, 0.1) is 22.1 Å². The molecule has 0 saturated carbocycles. The van der Waals surface area contributed by atoms with E-state index in [1.807, 2.05) is 97.3 Å². The number of nitrogens with one attached hydrogen (secondary N) is 3. The predicted molar refractivity (Wildman–Crippen MR) is 239 cm³/mol. The Bertz CT molecular complexity index is 3320. The van der Waals surface area contributed by atoms with E-state index in [-0.39, 0.29) is 19.5 Å². The first-order valence-corrected chi connectivity index (χ1v) is 22.8. The van der Waals surface area contributed by atoms with Crippen LogP contribution in [0.4, 0.5) is 23.3 Å². The summed E-state index contributed by atoms with van der Waals surface area (Å²) in [5, 5.41) is 15.8. The van der Waals surface area contributed by atoms with Crippen molar-refractivity contribution in [2.75, 3.05) is 10.6 Å². The Kier molecular flexibility index (Phi) is 16.4. The molecule has 0 amide bonds. The van der Waals surface area contributed by atoms with Gasteiger partial charge in [-0.3, -0.25) is 9.97 Å². The number of aromatic amines is 1. The fraction of sp³-hybridized carbons (Fsp3) is 0. The van der Waals surface area contributed by atoms with Crippen molar-refractivity contribution >= 4 is 88.4 Å². The predicted octanol–water partition coefficient (Wildman–Crippen LogP) is 2.15. The Hall–Kier alpha value is -7.49. The Labute approximate surface area is 414 Å². The zero-order valence-electron chi connectivity index (χ0n) is 35.9. The zero-order valence-corrected chi connectivity index (χ0v) is 39.2. The second-order valence-corrected chi connectivity index (χ2v) is 16.0. The van der Waals surface area contributed by atoms with Crippen molar-refractivity contribution in [3.63, 3.8) is 0 Å². The summed E-state index contributed by atoms with van der Waals surface area (Å²) in [6, 6.07) is 50.7. The average molecular weight is 1060 g/mol. The Morgan fingerprint density at radius 2 is 0.757 bits per heavy atom. The van der Waals surface area contributed by atoms with Crippen LogP contribution in [0.1, 0.15) is 0 Å². The van der Waals surface area contributed by atoms with Gasteiger partial charge in [-0.1, -0.05) is 78.9 Å². The smallest absolute Gasteiger partial charge is 0.337 e. The molecule has 350 valence electrons. The number of pyridine rings is 6. The first-order valence-electron chi connectivity index (χ1n) is 20.4. The zero-order chi connectivity index (χ0) is 48.4. The summed E-state index contributed by atoms with van der Waals surface area (Å²) in [5.74, 6) is 4.09. The van der Waals surface area contributed by atoms with E-state index in [0.717, 1.165) is 67.5 Å². The third-order valence-electron chi connectivity index (χ3n) is 10.0. The summed E-state index contributed by atoms with van der Waals surface area (Å²) in [5.41, 5.74) is 4.81. The standard InChI is InChI=1S/C29H16N4.2C10H9N3.2ClHO4.Ru/c1-4-16-8-9-18-11-13-20(19-12-10-17(5-1)23(16)24(18)19)29-32-27-21-6-2-14-30-25(21)26-22(28(27)33-29)7-3-15-31-26;2*1-3-7-11-9(5-1)13-10-6-2-4-8-12-10;2*2-1(3,4)5;/h1-15H,(H,32,33);2*1-8H,(H,11,12,13);2*(H,2,3,4,5);/q;;;;;+2/p-2. The van der Waals surface area contributed by atoms with Crippen molar-refractivity contribution < 1.29 is 77.2 Å². The first kappa shape index (κ1) is 50.4. The summed E-state index contributed by atoms with van der Waals surface area (Å²) in [4.78, 5) is 34.5. The van der Waals surface area contributed by atoms with Crippen LogP contribution in [0, 0.1) is 20.5 Å². The molecule has 18 nitrogen and oxygen atoms in total. The SMILES string of the molecule is [O-][Cl+3]([O-])([O-])[O-].[O-][Cl+3]([O-])([O-])[O-].[Ru+2].c1cc2ccc3ccc(-c4nc5c6cccnc6c6ncccc6c5[nH]4)c4ccc(c1)c2c34.c1ccc(Nc2ccccn2)nc1.c1ccc(Nc2ccccn2)nc1. The molecule has 0 saturated heterocycles. The number of aromatic nitrogens is 8. The van der Waals surface area contributed by atoms with E-state index in [9.17, 15) is 0 Å². The Balaban J connectivity index is 0.000000161. The van der Waals surface area contributed by atoms with Crippen LogP contribution in [0.2, 0.25) is 0 Å². The van der Waals surface area contributed by atoms with Gasteiger partial charge >= 0.3 is 19.5 Å². The molecule has 0 aliphatic carbocycles. The minimum absolute atomic E-state index is 0. The molecular weight excluding hydrogens is 1030 g/mol. The number of halogens is 2. The molecule has 0 bridgehead atoms. The minimum Gasteiger partial charge on any atom is -0.337 e. The van der Waals surface area contributed by atoms with Crippen LogP contribution in [0.15, 0.2) is 189 Å². The third-order valence-corrected chi connectivity index (χ3v) is 10.0. The monoisotopic (exact) mass is 1060 g/mol. The summed E-state index contributed by atoms with van der Waals surface area (Å²) in [6.45, 7) is 0. The van der Waals surface area contributed by atoms with E-state index in [0.29, 0.717) is 0 Å². The van der Waals surface area contributed by atoms with Gasteiger partial charge in [0.25, 0.3) is 0 Å². The van der Waals surface area contributed by atoms with Crippen LogP contribution < -0.4 is 47.9 Å². The molecule has 0 fully saturated rings. The van der Waals surface area contributed by atoms with Gasteiger partial charge in [-0.15, -0.1) is 20.5 Å². The number of hydrogen-bond acceptors (Lipinski definition) is 17. The van der Waals surface area contributed by atoms with Crippen LogP contribution in [0.3, 0.4) is 0 Å². The maximum absolute atomic E-state index is 8.49. The molecule has 5 aromatic carbocycles. The van der Waals surface area contributed by atoms with Gasteiger partial charge < -0.3 is 15.6 Å². The fourth-order valence-electron chi connectivity index (χ4n) is 7.42. The number of fused-ring (bicyclic) bond motifs is 6. The number of hydrogen-bond donors (Lipinski definition) is 3. The number of anilines is 4. The summed E-state index contributed by atoms with van der Waals surface area (Å²) in [6.07, 6.45) is 10.6. The average Bonchev–Trinajstić information content (AvgIpc) is 3.80. The first-order chi connectivity index (χ1) is 33.3. The largest absolute Gasteiger partial charge is 2.00 e. The molecule has 3 N–H and O–H groups in total. The molecule has 12 rings (SSSR count). The normalized spacial score (nSPS) is 11.0. The topological polar surface area (TPSA) is 315 Å². The molecule has 0 atom stereocenters. The molecular formula is C49H34Cl2N10O8Ru. The molecule has 21 heteroatoms. The van der Waals surface area contributed by atoms with E-state index >= 15 is 0 Å². The van der Waals surface area contributed by atoms with E-state index in [1.54, 1.807) is 24.8 Å². The Morgan fingerprint density at radius 1 is 0.357 bits per heavy atom. The van der Waals surface area contributed by atoms with E-state index in [4.69, 9.17) is 42.3 Å². The third kappa shape index (κ3) is 13.2. The van der Waals surface area contributed by atoms with E-state index in [1.165, 1.54) is 32.3 Å². The van der Waals surface area contributed by atoms with Crippen LogP contribution in [-0.2, 0) is 19.5 Å². The van der Waals surface area contributed by atoms with E-state index in [2.05, 4.69) is 112 Å². The van der Waals surface area contributed by atoms with Crippen molar-refractivity contribution in [3.8, 4) is 11.4 Å². The molecule has 0 spiro atoms.